The number of carbonyl (C=O) groups is 4. The molecule has 0 aromatic heterocycles. The fraction of sp³-hybridized carbons (Fsp3) is 0.167. The van der Waals surface area contributed by atoms with Crippen molar-refractivity contribution < 1.29 is 28.7 Å². The van der Waals surface area contributed by atoms with E-state index in [-0.39, 0.29) is 18.0 Å². The van der Waals surface area contributed by atoms with Crippen LogP contribution >= 0.6 is 23.5 Å². The van der Waals surface area contributed by atoms with E-state index in [0.29, 0.717) is 22.0 Å². The van der Waals surface area contributed by atoms with Crippen molar-refractivity contribution in [3.05, 3.63) is 69.5 Å². The first-order valence-electron chi connectivity index (χ1n) is 10.2. The molecule has 10 heteroatoms. The smallest absolute Gasteiger partial charge is 0.293 e. The minimum absolute atomic E-state index is 0.0754. The van der Waals surface area contributed by atoms with Crippen molar-refractivity contribution in [3.63, 3.8) is 0 Å². The molecule has 2 aliphatic heterocycles. The molecule has 2 heterocycles. The largest absolute Gasteiger partial charge is 0.497 e. The van der Waals surface area contributed by atoms with Crippen molar-refractivity contribution in [2.75, 3.05) is 27.3 Å². The molecule has 4 amide bonds. The van der Waals surface area contributed by atoms with Gasteiger partial charge in [-0.1, -0.05) is 30.3 Å². The molecule has 0 N–H and O–H groups in total. The van der Waals surface area contributed by atoms with Crippen molar-refractivity contribution in [2.24, 2.45) is 0 Å². The molecule has 0 spiro atoms. The summed E-state index contributed by atoms with van der Waals surface area (Å²) < 4.78 is 10.5. The lowest BCUT2D eigenvalue weighted by molar-refractivity contribution is -0.125. The molecule has 34 heavy (non-hydrogen) atoms. The highest BCUT2D eigenvalue weighted by Gasteiger charge is 2.39. The monoisotopic (exact) mass is 496 g/mol. The minimum atomic E-state index is -0.486. The average molecular weight is 497 g/mol. The zero-order chi connectivity index (χ0) is 24.2. The zero-order valence-corrected chi connectivity index (χ0v) is 20.0. The highest BCUT2D eigenvalue weighted by Crippen LogP contribution is 2.36. The molecule has 174 valence electrons. The summed E-state index contributed by atoms with van der Waals surface area (Å²) >= 11 is 1.64. The summed E-state index contributed by atoms with van der Waals surface area (Å²) in [4.78, 5) is 53.1. The number of hydrogen-bond donors (Lipinski definition) is 0. The predicted molar refractivity (Wildman–Crippen MR) is 131 cm³/mol. The highest BCUT2D eigenvalue weighted by atomic mass is 32.2. The third-order valence-corrected chi connectivity index (χ3v) is 6.93. The second-order valence-electron chi connectivity index (χ2n) is 7.19. The lowest BCUT2D eigenvalue weighted by Crippen LogP contribution is -2.39. The first-order chi connectivity index (χ1) is 16.4. The molecule has 0 bridgehead atoms. The Bertz CT molecular complexity index is 1230. The Kier molecular flexibility index (Phi) is 7.09. The Balaban J connectivity index is 1.45. The van der Waals surface area contributed by atoms with Gasteiger partial charge in [-0.05, 0) is 53.4 Å². The number of methoxy groups -OCH3 is 2. The number of hydrogen-bond acceptors (Lipinski definition) is 8. The van der Waals surface area contributed by atoms with Crippen LogP contribution in [0.5, 0.6) is 11.5 Å². The molecule has 2 aromatic rings. The number of amides is 4. The summed E-state index contributed by atoms with van der Waals surface area (Å²) in [5, 5.41) is -0.895. The van der Waals surface area contributed by atoms with Gasteiger partial charge in [-0.3, -0.25) is 29.0 Å². The third kappa shape index (κ3) is 4.87. The van der Waals surface area contributed by atoms with Gasteiger partial charge in [0.15, 0.2) is 0 Å². The number of benzene rings is 2. The van der Waals surface area contributed by atoms with Crippen molar-refractivity contribution in [3.8, 4) is 11.5 Å². The molecular formula is C24H20N2O6S2. The number of carbonyl (C=O) groups excluding carboxylic acids is 4. The van der Waals surface area contributed by atoms with Crippen molar-refractivity contribution >= 4 is 58.0 Å². The van der Waals surface area contributed by atoms with Crippen LogP contribution in [0.3, 0.4) is 0 Å². The molecule has 2 fully saturated rings. The van der Waals surface area contributed by atoms with Crippen molar-refractivity contribution in [2.45, 2.75) is 0 Å². The molecule has 0 radical (unpaired) electrons. The molecule has 0 aliphatic carbocycles. The van der Waals surface area contributed by atoms with E-state index in [9.17, 15) is 19.2 Å². The number of imide groups is 2. The fourth-order valence-corrected chi connectivity index (χ4v) is 5.09. The summed E-state index contributed by atoms with van der Waals surface area (Å²) in [5.41, 5.74) is 1.42. The van der Waals surface area contributed by atoms with Crippen LogP contribution in [-0.2, 0) is 9.59 Å². The summed E-state index contributed by atoms with van der Waals surface area (Å²) in [7, 11) is 3.04. The summed E-state index contributed by atoms with van der Waals surface area (Å²) in [6, 6.07) is 14.3. The van der Waals surface area contributed by atoms with Gasteiger partial charge in [-0.2, -0.15) is 0 Å². The quantitative estimate of drug-likeness (QED) is 0.518. The van der Waals surface area contributed by atoms with Crippen LogP contribution in [0.25, 0.3) is 12.2 Å². The van der Waals surface area contributed by atoms with Crippen molar-refractivity contribution in [1.29, 1.82) is 0 Å². The van der Waals surface area contributed by atoms with Gasteiger partial charge in [-0.25, -0.2) is 0 Å². The average Bonchev–Trinajstić information content (AvgIpc) is 3.26. The molecule has 0 unspecified atom stereocenters. The highest BCUT2D eigenvalue weighted by molar-refractivity contribution is 8.18. The summed E-state index contributed by atoms with van der Waals surface area (Å²) in [5.74, 6) is 0.166. The maximum Gasteiger partial charge on any atom is 0.293 e. The Morgan fingerprint density at radius 2 is 1.35 bits per heavy atom. The summed E-state index contributed by atoms with van der Waals surface area (Å²) in [6.07, 6.45) is 3.22. The van der Waals surface area contributed by atoms with E-state index in [1.807, 2.05) is 30.3 Å². The first kappa shape index (κ1) is 23.7. The van der Waals surface area contributed by atoms with Gasteiger partial charge in [0.2, 0.25) is 0 Å². The molecule has 8 nitrogen and oxygen atoms in total. The van der Waals surface area contributed by atoms with Crippen LogP contribution in [0.2, 0.25) is 0 Å². The van der Waals surface area contributed by atoms with Crippen LogP contribution in [0.1, 0.15) is 11.1 Å². The van der Waals surface area contributed by atoms with E-state index < -0.39 is 22.3 Å². The lowest BCUT2D eigenvalue weighted by atomic mass is 10.1. The molecule has 0 atom stereocenters. The maximum absolute atomic E-state index is 12.9. The molecule has 2 aromatic carbocycles. The van der Waals surface area contributed by atoms with Gasteiger partial charge < -0.3 is 9.47 Å². The van der Waals surface area contributed by atoms with Crippen LogP contribution in [0.15, 0.2) is 58.3 Å². The zero-order valence-electron chi connectivity index (χ0n) is 18.3. The Labute approximate surface area is 204 Å². The second-order valence-corrected chi connectivity index (χ2v) is 9.17. The second kappa shape index (κ2) is 10.2. The van der Waals surface area contributed by atoms with E-state index in [1.165, 1.54) is 14.2 Å². The van der Waals surface area contributed by atoms with E-state index >= 15 is 0 Å². The first-order valence-corrected chi connectivity index (χ1v) is 11.8. The minimum Gasteiger partial charge on any atom is -0.497 e. The number of rotatable bonds is 7. The van der Waals surface area contributed by atoms with Crippen LogP contribution in [0.4, 0.5) is 9.59 Å². The van der Waals surface area contributed by atoms with Gasteiger partial charge in [0.25, 0.3) is 22.3 Å². The van der Waals surface area contributed by atoms with E-state index in [4.69, 9.17) is 9.47 Å². The van der Waals surface area contributed by atoms with Gasteiger partial charge in [0.1, 0.15) is 11.5 Å². The van der Waals surface area contributed by atoms with Crippen LogP contribution in [0, 0.1) is 0 Å². The van der Waals surface area contributed by atoms with E-state index in [2.05, 4.69) is 0 Å². The molecule has 4 rings (SSSR count). The molecule has 2 saturated heterocycles. The Morgan fingerprint density at radius 1 is 0.765 bits per heavy atom. The van der Waals surface area contributed by atoms with Crippen LogP contribution < -0.4 is 9.47 Å². The van der Waals surface area contributed by atoms with Gasteiger partial charge in [-0.15, -0.1) is 0 Å². The number of nitrogens with zero attached hydrogens (tertiary/aromatic N) is 2. The van der Waals surface area contributed by atoms with Gasteiger partial charge >= 0.3 is 0 Å². The fourth-order valence-electron chi connectivity index (χ4n) is 3.37. The SMILES string of the molecule is COc1ccc(C=C2SC(=O)N(CCN3C(=O)SC(=Cc4ccccc4)C3=O)C2=O)c(OC)c1. The molecular weight excluding hydrogens is 476 g/mol. The van der Waals surface area contributed by atoms with E-state index in [1.54, 1.807) is 30.4 Å². The maximum atomic E-state index is 12.9. The lowest BCUT2D eigenvalue weighted by Gasteiger charge is -2.17. The standard InChI is InChI=1S/C24H20N2O6S2/c1-31-17-9-8-16(18(14-17)32-2)13-20-22(28)26(24(30)34-20)11-10-25-21(27)19(33-23(25)29)12-15-6-4-3-5-7-15/h3-9,12-14H,10-11H2,1-2H3. The molecule has 2 aliphatic rings. The van der Waals surface area contributed by atoms with Crippen LogP contribution in [-0.4, -0.2) is 59.4 Å². The normalized spacial score (nSPS) is 18.5. The number of ether oxygens (including phenoxy) is 2. The van der Waals surface area contributed by atoms with Gasteiger partial charge in [0, 0.05) is 24.7 Å². The van der Waals surface area contributed by atoms with Crippen molar-refractivity contribution in [1.82, 2.24) is 9.80 Å². The van der Waals surface area contributed by atoms with Gasteiger partial charge in [0.05, 0.1) is 24.0 Å². The Hall–Kier alpha value is -3.50. The topological polar surface area (TPSA) is 93.2 Å². The Morgan fingerprint density at radius 3 is 1.91 bits per heavy atom. The summed E-state index contributed by atoms with van der Waals surface area (Å²) in [6.45, 7) is -0.160. The number of thioether (sulfide) groups is 2. The van der Waals surface area contributed by atoms with E-state index in [0.717, 1.165) is 38.9 Å². The molecule has 0 saturated carbocycles. The predicted octanol–water partition coefficient (Wildman–Crippen LogP) is 4.48. The third-order valence-electron chi connectivity index (χ3n) is 5.12.